The van der Waals surface area contributed by atoms with Gasteiger partial charge in [-0.3, -0.25) is 14.2 Å². The molecule has 1 aromatic heterocycles. The number of thioether (sulfide) groups is 1. The molecule has 0 fully saturated rings. The van der Waals surface area contributed by atoms with Crippen molar-refractivity contribution in [2.45, 2.75) is 24.8 Å². The first-order valence-electron chi connectivity index (χ1n) is 9.77. The smallest absolute Gasteiger partial charge is 0.261 e. The lowest BCUT2D eigenvalue weighted by Gasteiger charge is -2.13. The largest absolute Gasteiger partial charge is 0.494 e. The average Bonchev–Trinajstić information content (AvgIpc) is 2.75. The van der Waals surface area contributed by atoms with Crippen LogP contribution in [0.4, 0.5) is 0 Å². The summed E-state index contributed by atoms with van der Waals surface area (Å²) in [4.78, 5) is 29.5. The van der Waals surface area contributed by atoms with E-state index < -0.39 is 0 Å². The van der Waals surface area contributed by atoms with Crippen molar-refractivity contribution in [3.8, 4) is 5.75 Å². The number of carbonyl (C=O) groups excluding carboxylic acids is 1. The first kappa shape index (κ1) is 20.2. The Morgan fingerprint density at radius 2 is 1.83 bits per heavy atom. The molecule has 0 atom stereocenters. The Labute approximate surface area is 178 Å². The van der Waals surface area contributed by atoms with Crippen LogP contribution in [0.2, 0.25) is 0 Å². The van der Waals surface area contributed by atoms with Crippen LogP contribution in [0.5, 0.6) is 5.75 Å². The molecule has 30 heavy (non-hydrogen) atoms. The molecule has 152 valence electrons. The number of nitrogens with zero attached hydrogens (tertiary/aromatic N) is 2. The summed E-state index contributed by atoms with van der Waals surface area (Å²) in [5.74, 6) is 1.29. The van der Waals surface area contributed by atoms with E-state index in [-0.39, 0.29) is 11.3 Å². The Morgan fingerprint density at radius 3 is 2.53 bits per heavy atom. The molecular weight excluding hydrogens is 396 g/mol. The summed E-state index contributed by atoms with van der Waals surface area (Å²) in [6.07, 6.45) is 0. The van der Waals surface area contributed by atoms with Gasteiger partial charge in [-0.15, -0.1) is 0 Å². The van der Waals surface area contributed by atoms with E-state index in [0.717, 1.165) is 22.1 Å². The third kappa shape index (κ3) is 3.83. The highest BCUT2D eigenvalue weighted by molar-refractivity contribution is 7.98. The quantitative estimate of drug-likeness (QED) is 0.191. The maximum atomic E-state index is 13.0. The molecule has 0 bridgehead atoms. The van der Waals surface area contributed by atoms with Gasteiger partial charge in [-0.05, 0) is 55.0 Å². The first-order valence-corrected chi connectivity index (χ1v) is 10.8. The maximum Gasteiger partial charge on any atom is 0.261 e. The Kier molecular flexibility index (Phi) is 5.59. The lowest BCUT2D eigenvalue weighted by molar-refractivity contribution is 0.101. The number of Topliss-reactive ketones (excluding diaryl/α,β-unsaturated/α-hetero) is 1. The minimum absolute atomic E-state index is 0.00686. The van der Waals surface area contributed by atoms with E-state index in [1.807, 2.05) is 55.5 Å². The average molecular weight is 419 g/mol. The number of fused-ring (bicyclic) bond motifs is 2. The van der Waals surface area contributed by atoms with Crippen molar-refractivity contribution >= 4 is 39.2 Å². The third-order valence-corrected chi connectivity index (χ3v) is 6.10. The second-order valence-electron chi connectivity index (χ2n) is 7.08. The summed E-state index contributed by atoms with van der Waals surface area (Å²) in [6, 6.07) is 17.3. The predicted octanol–water partition coefficient (Wildman–Crippen LogP) is 4.98. The topological polar surface area (TPSA) is 61.2 Å². The molecule has 0 saturated heterocycles. The number of ketones is 1. The van der Waals surface area contributed by atoms with Gasteiger partial charge in [-0.2, -0.15) is 0 Å². The molecular formula is C24H22N2O3S. The summed E-state index contributed by atoms with van der Waals surface area (Å²) in [6.45, 7) is 4.01. The first-order chi connectivity index (χ1) is 14.5. The molecule has 0 amide bonds. The number of carbonyl (C=O) groups is 1. The van der Waals surface area contributed by atoms with Crippen LogP contribution in [0.3, 0.4) is 0 Å². The normalized spacial score (nSPS) is 11.2. The maximum absolute atomic E-state index is 13.0. The van der Waals surface area contributed by atoms with Crippen LogP contribution in [-0.2, 0) is 12.8 Å². The Morgan fingerprint density at radius 1 is 1.10 bits per heavy atom. The molecule has 0 N–H and O–H groups in total. The van der Waals surface area contributed by atoms with Crippen LogP contribution in [0, 0.1) is 0 Å². The van der Waals surface area contributed by atoms with Gasteiger partial charge in [0.25, 0.3) is 5.56 Å². The Hall–Kier alpha value is -3.12. The predicted molar refractivity (Wildman–Crippen MR) is 122 cm³/mol. The van der Waals surface area contributed by atoms with Gasteiger partial charge in [0.1, 0.15) is 5.75 Å². The highest BCUT2D eigenvalue weighted by atomic mass is 32.2. The molecule has 5 nitrogen and oxygen atoms in total. The van der Waals surface area contributed by atoms with Crippen LogP contribution >= 0.6 is 11.8 Å². The van der Waals surface area contributed by atoms with Crippen molar-refractivity contribution < 1.29 is 9.53 Å². The minimum atomic E-state index is -0.0734. The second kappa shape index (κ2) is 8.32. The van der Waals surface area contributed by atoms with Crippen LogP contribution < -0.4 is 10.3 Å². The minimum Gasteiger partial charge on any atom is -0.494 e. The van der Waals surface area contributed by atoms with Gasteiger partial charge in [0, 0.05) is 23.9 Å². The number of hydrogen-bond acceptors (Lipinski definition) is 5. The van der Waals surface area contributed by atoms with Crippen molar-refractivity contribution in [3.05, 3.63) is 76.1 Å². The molecule has 0 aliphatic carbocycles. The van der Waals surface area contributed by atoms with Crippen LogP contribution in [0.15, 0.2) is 64.5 Å². The van der Waals surface area contributed by atoms with E-state index in [0.29, 0.717) is 34.0 Å². The molecule has 0 unspecified atom stereocenters. The number of ether oxygens (including phenoxy) is 1. The van der Waals surface area contributed by atoms with Crippen molar-refractivity contribution in [1.29, 1.82) is 0 Å². The second-order valence-corrected chi connectivity index (χ2v) is 8.02. The standard InChI is InChI=1S/C24H22N2O3S/c1-4-29-22-10-9-16(15(2)27)11-19(22)14-30-24-25-21-13-18-8-6-5-7-17(18)12-20(21)23(28)26(24)3/h5-13H,4,14H2,1-3H3. The summed E-state index contributed by atoms with van der Waals surface area (Å²) >= 11 is 1.46. The zero-order valence-corrected chi connectivity index (χ0v) is 18.0. The molecule has 0 aliphatic heterocycles. The summed E-state index contributed by atoms with van der Waals surface area (Å²) in [5.41, 5.74) is 2.15. The van der Waals surface area contributed by atoms with Crippen molar-refractivity contribution in [3.63, 3.8) is 0 Å². The van der Waals surface area contributed by atoms with Crippen LogP contribution in [-0.4, -0.2) is 21.9 Å². The van der Waals surface area contributed by atoms with Gasteiger partial charge < -0.3 is 4.74 Å². The van der Waals surface area contributed by atoms with E-state index >= 15 is 0 Å². The van der Waals surface area contributed by atoms with E-state index in [9.17, 15) is 9.59 Å². The van der Waals surface area contributed by atoms with Gasteiger partial charge in [0.15, 0.2) is 10.9 Å². The van der Waals surface area contributed by atoms with Gasteiger partial charge in [-0.1, -0.05) is 36.0 Å². The number of hydrogen-bond donors (Lipinski definition) is 0. The zero-order valence-electron chi connectivity index (χ0n) is 17.1. The molecule has 3 aromatic carbocycles. The lowest BCUT2D eigenvalue weighted by atomic mass is 10.1. The molecule has 0 saturated carbocycles. The van der Waals surface area contributed by atoms with Gasteiger partial charge in [0.05, 0.1) is 17.5 Å². The molecule has 6 heteroatoms. The zero-order chi connectivity index (χ0) is 21.3. The highest BCUT2D eigenvalue weighted by Gasteiger charge is 2.13. The molecule has 0 radical (unpaired) electrons. The van der Waals surface area contributed by atoms with Crippen LogP contribution in [0.1, 0.15) is 29.8 Å². The van der Waals surface area contributed by atoms with E-state index in [1.165, 1.54) is 11.8 Å². The highest BCUT2D eigenvalue weighted by Crippen LogP contribution is 2.29. The molecule has 0 spiro atoms. The summed E-state index contributed by atoms with van der Waals surface area (Å²) in [7, 11) is 1.74. The fourth-order valence-electron chi connectivity index (χ4n) is 3.42. The van der Waals surface area contributed by atoms with Crippen LogP contribution in [0.25, 0.3) is 21.7 Å². The Bertz CT molecular complexity index is 1330. The van der Waals surface area contributed by atoms with E-state index in [4.69, 9.17) is 9.72 Å². The number of benzene rings is 3. The van der Waals surface area contributed by atoms with Crippen molar-refractivity contribution in [1.82, 2.24) is 9.55 Å². The third-order valence-electron chi connectivity index (χ3n) is 5.03. The number of rotatable bonds is 6. The van der Waals surface area contributed by atoms with E-state index in [2.05, 4.69) is 0 Å². The fraction of sp³-hybridized carbons (Fsp3) is 0.208. The molecule has 4 rings (SSSR count). The monoisotopic (exact) mass is 418 g/mol. The van der Waals surface area contributed by atoms with Gasteiger partial charge in [0.2, 0.25) is 0 Å². The van der Waals surface area contributed by atoms with Gasteiger partial charge in [-0.25, -0.2) is 4.98 Å². The number of aromatic nitrogens is 2. The molecule has 0 aliphatic rings. The van der Waals surface area contributed by atoms with Crippen molar-refractivity contribution in [2.75, 3.05) is 6.61 Å². The van der Waals surface area contributed by atoms with Crippen molar-refractivity contribution in [2.24, 2.45) is 7.05 Å². The summed E-state index contributed by atoms with van der Waals surface area (Å²) < 4.78 is 7.30. The Balaban J connectivity index is 1.73. The fourth-order valence-corrected chi connectivity index (χ4v) is 4.37. The van der Waals surface area contributed by atoms with E-state index in [1.54, 1.807) is 24.6 Å². The lowest BCUT2D eigenvalue weighted by Crippen LogP contribution is -2.20. The molecule has 1 heterocycles. The van der Waals surface area contributed by atoms with Gasteiger partial charge >= 0.3 is 0 Å². The molecule has 4 aromatic rings. The summed E-state index contributed by atoms with van der Waals surface area (Å²) in [5, 5.41) is 3.30. The SMILES string of the molecule is CCOc1ccc(C(C)=O)cc1CSc1nc2cc3ccccc3cc2c(=O)n1C.